The number of guanidine groups is 1. The molecule has 1 aromatic rings. The second kappa shape index (κ2) is 12.2. The minimum absolute atomic E-state index is 0. The molecule has 3 N–H and O–H groups in total. The van der Waals surface area contributed by atoms with Gasteiger partial charge in [0.2, 0.25) is 0 Å². The standard InChI is InChI=1S/C16H28N4O2.HI/c1-5-13(4)20-16(17-6-2)19-10-7-9-18-15(21)14-12(3)8-11-22-14;/h8,11,13H,5-7,9-10H2,1-4H3,(H,18,21)(H2,17,19,20);1H. The Balaban J connectivity index is 0.00000484. The fourth-order valence-electron chi connectivity index (χ4n) is 1.81. The van der Waals surface area contributed by atoms with E-state index < -0.39 is 0 Å². The number of halogens is 1. The summed E-state index contributed by atoms with van der Waals surface area (Å²) in [5.41, 5.74) is 0.850. The number of aliphatic imine (C=N–C) groups is 1. The summed E-state index contributed by atoms with van der Waals surface area (Å²) in [6.45, 7) is 10.2. The largest absolute Gasteiger partial charge is 0.459 e. The van der Waals surface area contributed by atoms with Gasteiger partial charge >= 0.3 is 0 Å². The van der Waals surface area contributed by atoms with E-state index in [0.717, 1.165) is 30.9 Å². The van der Waals surface area contributed by atoms with Crippen LogP contribution in [0.4, 0.5) is 0 Å². The maximum atomic E-state index is 11.8. The molecule has 1 unspecified atom stereocenters. The van der Waals surface area contributed by atoms with Crippen LogP contribution in [0.5, 0.6) is 0 Å². The number of nitrogens with one attached hydrogen (secondary N) is 3. The first-order valence-electron chi connectivity index (χ1n) is 7.95. The van der Waals surface area contributed by atoms with E-state index in [0.29, 0.717) is 24.9 Å². The number of rotatable bonds is 8. The number of hydrogen-bond acceptors (Lipinski definition) is 3. The highest BCUT2D eigenvalue weighted by atomic mass is 127. The smallest absolute Gasteiger partial charge is 0.287 e. The van der Waals surface area contributed by atoms with Gasteiger partial charge < -0.3 is 20.4 Å². The van der Waals surface area contributed by atoms with Crippen molar-refractivity contribution < 1.29 is 9.21 Å². The van der Waals surface area contributed by atoms with Crippen molar-refractivity contribution in [2.24, 2.45) is 4.99 Å². The van der Waals surface area contributed by atoms with Crippen LogP contribution in [0.25, 0.3) is 0 Å². The van der Waals surface area contributed by atoms with Crippen LogP contribution >= 0.6 is 24.0 Å². The zero-order valence-electron chi connectivity index (χ0n) is 14.4. The van der Waals surface area contributed by atoms with Crippen LogP contribution in [0.3, 0.4) is 0 Å². The SMILES string of the molecule is CCNC(=NCCCNC(=O)c1occc1C)NC(C)CC.I. The Morgan fingerprint density at radius 1 is 1.35 bits per heavy atom. The van der Waals surface area contributed by atoms with Crippen molar-refractivity contribution in [2.45, 2.75) is 46.6 Å². The molecule has 1 aromatic heterocycles. The Morgan fingerprint density at radius 2 is 2.09 bits per heavy atom. The monoisotopic (exact) mass is 436 g/mol. The zero-order chi connectivity index (χ0) is 16.4. The van der Waals surface area contributed by atoms with Crippen LogP contribution in [0.15, 0.2) is 21.7 Å². The van der Waals surface area contributed by atoms with Crippen LogP contribution in [-0.2, 0) is 0 Å². The van der Waals surface area contributed by atoms with E-state index in [1.165, 1.54) is 6.26 Å². The second-order valence-electron chi connectivity index (χ2n) is 5.26. The molecule has 0 saturated carbocycles. The van der Waals surface area contributed by atoms with Crippen LogP contribution in [-0.4, -0.2) is 37.5 Å². The summed E-state index contributed by atoms with van der Waals surface area (Å²) < 4.78 is 5.15. The minimum atomic E-state index is -0.170. The molecule has 0 saturated heterocycles. The topological polar surface area (TPSA) is 78.7 Å². The first-order chi connectivity index (χ1) is 10.6. The van der Waals surface area contributed by atoms with Gasteiger partial charge in [-0.25, -0.2) is 0 Å². The third-order valence-electron chi connectivity index (χ3n) is 3.30. The fourth-order valence-corrected chi connectivity index (χ4v) is 1.81. The lowest BCUT2D eigenvalue weighted by Gasteiger charge is -2.16. The summed E-state index contributed by atoms with van der Waals surface area (Å²) in [4.78, 5) is 16.3. The second-order valence-corrected chi connectivity index (χ2v) is 5.26. The molecule has 0 aliphatic rings. The Bertz CT molecular complexity index is 488. The van der Waals surface area contributed by atoms with Crippen LogP contribution in [0.1, 0.15) is 49.7 Å². The zero-order valence-corrected chi connectivity index (χ0v) is 16.8. The Hall–Kier alpha value is -1.25. The van der Waals surface area contributed by atoms with E-state index in [1.54, 1.807) is 6.07 Å². The Morgan fingerprint density at radius 3 is 2.65 bits per heavy atom. The van der Waals surface area contributed by atoms with Crippen molar-refractivity contribution in [1.82, 2.24) is 16.0 Å². The van der Waals surface area contributed by atoms with Crippen molar-refractivity contribution in [2.75, 3.05) is 19.6 Å². The number of nitrogens with zero attached hydrogens (tertiary/aromatic N) is 1. The summed E-state index contributed by atoms with van der Waals surface area (Å²) in [6.07, 6.45) is 3.35. The Labute approximate surface area is 155 Å². The van der Waals surface area contributed by atoms with Gasteiger partial charge in [0.05, 0.1) is 6.26 Å². The van der Waals surface area contributed by atoms with Crippen molar-refractivity contribution >= 4 is 35.8 Å². The Kier molecular flexibility index (Phi) is 11.5. The highest BCUT2D eigenvalue weighted by molar-refractivity contribution is 14.0. The van der Waals surface area contributed by atoms with Crippen molar-refractivity contribution in [3.8, 4) is 0 Å². The molecular weight excluding hydrogens is 407 g/mol. The summed E-state index contributed by atoms with van der Waals surface area (Å²) >= 11 is 0. The van der Waals surface area contributed by atoms with Gasteiger partial charge in [-0.05, 0) is 39.7 Å². The van der Waals surface area contributed by atoms with E-state index in [4.69, 9.17) is 4.42 Å². The molecule has 1 rings (SSSR count). The first-order valence-corrected chi connectivity index (χ1v) is 7.95. The highest BCUT2D eigenvalue weighted by Gasteiger charge is 2.11. The van der Waals surface area contributed by atoms with E-state index in [2.05, 4.69) is 34.8 Å². The lowest BCUT2D eigenvalue weighted by Crippen LogP contribution is -2.42. The summed E-state index contributed by atoms with van der Waals surface area (Å²) in [5.74, 6) is 1.04. The molecule has 132 valence electrons. The van der Waals surface area contributed by atoms with Crippen LogP contribution in [0, 0.1) is 6.92 Å². The number of aryl methyl sites for hydroxylation is 1. The summed E-state index contributed by atoms with van der Waals surface area (Å²) in [5, 5.41) is 9.39. The quantitative estimate of drug-likeness (QED) is 0.254. The fraction of sp³-hybridized carbons (Fsp3) is 0.625. The molecule has 0 radical (unpaired) electrons. The molecule has 0 bridgehead atoms. The minimum Gasteiger partial charge on any atom is -0.459 e. The van der Waals surface area contributed by atoms with Crippen molar-refractivity contribution in [3.63, 3.8) is 0 Å². The number of carbonyl (C=O) groups is 1. The molecular formula is C16H29IN4O2. The number of furan rings is 1. The van der Waals surface area contributed by atoms with E-state index in [9.17, 15) is 4.79 Å². The third kappa shape index (κ3) is 8.24. The van der Waals surface area contributed by atoms with Gasteiger partial charge in [0.1, 0.15) is 0 Å². The third-order valence-corrected chi connectivity index (χ3v) is 3.30. The van der Waals surface area contributed by atoms with E-state index >= 15 is 0 Å². The average molecular weight is 436 g/mol. The number of hydrogen-bond donors (Lipinski definition) is 3. The van der Waals surface area contributed by atoms with Gasteiger partial charge in [0.25, 0.3) is 5.91 Å². The normalized spacial score (nSPS) is 12.3. The van der Waals surface area contributed by atoms with E-state index in [-0.39, 0.29) is 29.9 Å². The van der Waals surface area contributed by atoms with Crippen molar-refractivity contribution in [1.29, 1.82) is 0 Å². The van der Waals surface area contributed by atoms with Gasteiger partial charge in [-0.2, -0.15) is 0 Å². The summed E-state index contributed by atoms with van der Waals surface area (Å²) in [7, 11) is 0. The number of carbonyl (C=O) groups excluding carboxylic acids is 1. The molecule has 23 heavy (non-hydrogen) atoms. The molecule has 1 heterocycles. The van der Waals surface area contributed by atoms with Gasteiger partial charge in [-0.1, -0.05) is 6.92 Å². The van der Waals surface area contributed by atoms with Crippen LogP contribution < -0.4 is 16.0 Å². The molecule has 1 amide bonds. The molecule has 6 nitrogen and oxygen atoms in total. The molecule has 0 aliphatic heterocycles. The predicted octanol–water partition coefficient (Wildman–Crippen LogP) is 2.68. The maximum absolute atomic E-state index is 11.8. The maximum Gasteiger partial charge on any atom is 0.287 e. The van der Waals surface area contributed by atoms with E-state index in [1.807, 2.05) is 13.8 Å². The van der Waals surface area contributed by atoms with Gasteiger partial charge in [-0.3, -0.25) is 9.79 Å². The van der Waals surface area contributed by atoms with Crippen molar-refractivity contribution in [3.05, 3.63) is 23.7 Å². The number of amides is 1. The molecule has 0 fully saturated rings. The summed E-state index contributed by atoms with van der Waals surface area (Å²) in [6, 6.07) is 2.17. The van der Waals surface area contributed by atoms with Gasteiger partial charge in [0, 0.05) is 31.2 Å². The molecule has 0 aliphatic carbocycles. The van der Waals surface area contributed by atoms with Gasteiger partial charge in [0.15, 0.2) is 11.7 Å². The lowest BCUT2D eigenvalue weighted by atomic mass is 10.2. The molecule has 1 atom stereocenters. The molecule has 0 spiro atoms. The average Bonchev–Trinajstić information content (AvgIpc) is 2.92. The first kappa shape index (κ1) is 21.8. The highest BCUT2D eigenvalue weighted by Crippen LogP contribution is 2.07. The lowest BCUT2D eigenvalue weighted by molar-refractivity contribution is 0.0925. The molecule has 7 heteroatoms. The predicted molar refractivity (Wildman–Crippen MR) is 105 cm³/mol. The van der Waals surface area contributed by atoms with Crippen LogP contribution in [0.2, 0.25) is 0 Å². The van der Waals surface area contributed by atoms with Gasteiger partial charge in [-0.15, -0.1) is 24.0 Å². The molecule has 0 aromatic carbocycles.